The van der Waals surface area contributed by atoms with E-state index in [1.54, 1.807) is 47.7 Å². The maximum absolute atomic E-state index is 12.5. The third kappa shape index (κ3) is 5.94. The van der Waals surface area contributed by atoms with E-state index in [0.29, 0.717) is 59.4 Å². The minimum Gasteiger partial charge on any atom is -0.493 e. The lowest BCUT2D eigenvalue weighted by Crippen LogP contribution is -2.25. The summed E-state index contributed by atoms with van der Waals surface area (Å²) in [4.78, 5) is 28.7. The first kappa shape index (κ1) is 25.0. The third-order valence-corrected chi connectivity index (χ3v) is 6.89. The largest absolute Gasteiger partial charge is 0.493 e. The SMILES string of the molecule is CC(C)(C)c1csc(CCNC(=O)c2ccc(Oc3cc4c(cc3Cl)C(C(=O)O)CCO4)cc2)n1. The summed E-state index contributed by atoms with van der Waals surface area (Å²) in [6.07, 6.45) is 1.07. The van der Waals surface area contributed by atoms with Crippen LogP contribution in [0, 0.1) is 0 Å². The zero-order chi connectivity index (χ0) is 25.2. The van der Waals surface area contributed by atoms with Gasteiger partial charge in [-0.1, -0.05) is 32.4 Å². The molecule has 2 aromatic carbocycles. The summed E-state index contributed by atoms with van der Waals surface area (Å²) in [6, 6.07) is 9.91. The standard InChI is InChI=1S/C26H27ClN2O5S/c1-26(2,3)22-14-35-23(29-22)8-10-28-24(30)15-4-6-16(7-5-15)34-21-13-20-18(12-19(21)27)17(25(31)32)9-11-33-20/h4-7,12-14,17H,8-11H2,1-3H3,(H,28,30)(H,31,32). The molecule has 184 valence electrons. The van der Waals surface area contributed by atoms with E-state index in [0.717, 1.165) is 10.7 Å². The number of nitrogens with one attached hydrogen (secondary N) is 1. The number of ether oxygens (including phenoxy) is 2. The first-order valence-corrected chi connectivity index (χ1v) is 12.6. The van der Waals surface area contributed by atoms with Crippen LogP contribution in [0.15, 0.2) is 41.8 Å². The van der Waals surface area contributed by atoms with Gasteiger partial charge in [0.15, 0.2) is 0 Å². The van der Waals surface area contributed by atoms with Crippen LogP contribution in [0.3, 0.4) is 0 Å². The molecule has 35 heavy (non-hydrogen) atoms. The van der Waals surface area contributed by atoms with E-state index in [1.807, 2.05) is 0 Å². The summed E-state index contributed by atoms with van der Waals surface area (Å²) < 4.78 is 11.5. The molecule has 1 aromatic heterocycles. The third-order valence-electron chi connectivity index (χ3n) is 5.69. The van der Waals surface area contributed by atoms with Crippen LogP contribution >= 0.6 is 22.9 Å². The molecule has 1 amide bonds. The number of hydrogen-bond donors (Lipinski definition) is 2. The van der Waals surface area contributed by atoms with Crippen molar-refractivity contribution >= 4 is 34.8 Å². The minimum atomic E-state index is -0.908. The molecule has 0 radical (unpaired) electrons. The fraction of sp³-hybridized carbons (Fsp3) is 0.346. The highest BCUT2D eigenvalue weighted by Gasteiger charge is 2.29. The summed E-state index contributed by atoms with van der Waals surface area (Å²) in [6.45, 7) is 7.19. The van der Waals surface area contributed by atoms with E-state index in [4.69, 9.17) is 21.1 Å². The maximum atomic E-state index is 12.5. The van der Waals surface area contributed by atoms with Crippen LogP contribution in [-0.2, 0) is 16.6 Å². The van der Waals surface area contributed by atoms with Crippen LogP contribution in [-0.4, -0.2) is 35.1 Å². The molecule has 0 spiro atoms. The lowest BCUT2D eigenvalue weighted by Gasteiger charge is -2.24. The van der Waals surface area contributed by atoms with E-state index in [1.165, 1.54) is 0 Å². The van der Waals surface area contributed by atoms with Crippen LogP contribution in [0.25, 0.3) is 0 Å². The summed E-state index contributed by atoms with van der Waals surface area (Å²) >= 11 is 7.97. The molecule has 2 heterocycles. The molecule has 2 N–H and O–H groups in total. The van der Waals surface area contributed by atoms with Gasteiger partial charge in [-0.3, -0.25) is 9.59 Å². The van der Waals surface area contributed by atoms with Crippen molar-refractivity contribution in [2.75, 3.05) is 13.2 Å². The highest BCUT2D eigenvalue weighted by molar-refractivity contribution is 7.09. The van der Waals surface area contributed by atoms with Gasteiger partial charge in [0.25, 0.3) is 5.91 Å². The monoisotopic (exact) mass is 514 g/mol. The average molecular weight is 515 g/mol. The Morgan fingerprint density at radius 3 is 2.66 bits per heavy atom. The lowest BCUT2D eigenvalue weighted by molar-refractivity contribution is -0.139. The number of benzene rings is 2. The number of amides is 1. The highest BCUT2D eigenvalue weighted by atomic mass is 35.5. The number of carboxylic acid groups (broad SMARTS) is 1. The number of nitrogens with zero attached hydrogens (tertiary/aromatic N) is 1. The van der Waals surface area contributed by atoms with Crippen LogP contribution in [0.2, 0.25) is 5.02 Å². The van der Waals surface area contributed by atoms with E-state index in [2.05, 4.69) is 36.5 Å². The molecular weight excluding hydrogens is 488 g/mol. The van der Waals surface area contributed by atoms with Crippen molar-refractivity contribution in [2.45, 2.75) is 44.9 Å². The second-order valence-electron chi connectivity index (χ2n) is 9.36. The Morgan fingerprint density at radius 1 is 1.26 bits per heavy atom. The molecule has 0 aliphatic carbocycles. The fourth-order valence-electron chi connectivity index (χ4n) is 3.68. The Kier molecular flexibility index (Phi) is 7.33. The van der Waals surface area contributed by atoms with Crippen molar-refractivity contribution in [1.82, 2.24) is 10.3 Å². The summed E-state index contributed by atoms with van der Waals surface area (Å²) in [5.74, 6) is -0.440. The van der Waals surface area contributed by atoms with E-state index in [9.17, 15) is 14.7 Å². The summed E-state index contributed by atoms with van der Waals surface area (Å²) in [7, 11) is 0. The number of halogens is 1. The molecule has 0 saturated heterocycles. The van der Waals surface area contributed by atoms with Crippen molar-refractivity contribution in [1.29, 1.82) is 0 Å². The lowest BCUT2D eigenvalue weighted by atomic mass is 9.93. The number of carbonyl (C=O) groups is 2. The molecule has 1 atom stereocenters. The highest BCUT2D eigenvalue weighted by Crippen LogP contribution is 2.41. The molecule has 0 fully saturated rings. The van der Waals surface area contributed by atoms with Crippen LogP contribution < -0.4 is 14.8 Å². The molecule has 9 heteroatoms. The molecule has 0 bridgehead atoms. The van der Waals surface area contributed by atoms with Crippen molar-refractivity contribution in [3.8, 4) is 17.2 Å². The van der Waals surface area contributed by atoms with Gasteiger partial charge in [0.1, 0.15) is 17.2 Å². The normalized spacial score (nSPS) is 15.1. The van der Waals surface area contributed by atoms with Gasteiger partial charge in [-0.15, -0.1) is 11.3 Å². The number of rotatable bonds is 7. The maximum Gasteiger partial charge on any atom is 0.311 e. The summed E-state index contributed by atoms with van der Waals surface area (Å²) in [5.41, 5.74) is 2.13. The number of hydrogen-bond acceptors (Lipinski definition) is 6. The van der Waals surface area contributed by atoms with Gasteiger partial charge >= 0.3 is 5.97 Å². The van der Waals surface area contributed by atoms with Crippen LogP contribution in [0.5, 0.6) is 17.2 Å². The number of thiazole rings is 1. The Balaban J connectivity index is 1.35. The zero-order valence-corrected chi connectivity index (χ0v) is 21.3. The number of carbonyl (C=O) groups excluding carboxylic acids is 1. The van der Waals surface area contributed by atoms with E-state index < -0.39 is 11.9 Å². The number of aromatic nitrogens is 1. The van der Waals surface area contributed by atoms with Crippen molar-refractivity contribution in [2.24, 2.45) is 0 Å². The number of carboxylic acids is 1. The van der Waals surface area contributed by atoms with Crippen molar-refractivity contribution < 1.29 is 24.2 Å². The Hall–Kier alpha value is -3.10. The first-order valence-electron chi connectivity index (χ1n) is 11.3. The van der Waals surface area contributed by atoms with E-state index >= 15 is 0 Å². The minimum absolute atomic E-state index is 0.0130. The summed E-state index contributed by atoms with van der Waals surface area (Å²) in [5, 5.41) is 15.7. The second-order valence-corrected chi connectivity index (χ2v) is 10.7. The molecule has 4 rings (SSSR count). The van der Waals surface area contributed by atoms with Gasteiger partial charge in [0.05, 0.1) is 28.2 Å². The predicted octanol–water partition coefficient (Wildman–Crippen LogP) is 5.81. The van der Waals surface area contributed by atoms with Gasteiger partial charge in [-0.25, -0.2) is 4.98 Å². The molecule has 7 nitrogen and oxygen atoms in total. The smallest absolute Gasteiger partial charge is 0.311 e. The first-order chi connectivity index (χ1) is 16.6. The molecule has 1 unspecified atom stereocenters. The Morgan fingerprint density at radius 2 is 2.00 bits per heavy atom. The van der Waals surface area contributed by atoms with Gasteiger partial charge in [-0.05, 0) is 36.8 Å². The van der Waals surface area contributed by atoms with Gasteiger partial charge < -0.3 is 19.9 Å². The fourth-order valence-corrected chi connectivity index (χ4v) is 4.92. The topological polar surface area (TPSA) is 97.8 Å². The van der Waals surface area contributed by atoms with Crippen molar-refractivity contribution in [3.63, 3.8) is 0 Å². The van der Waals surface area contributed by atoms with E-state index in [-0.39, 0.29) is 11.3 Å². The Labute approximate surface area is 213 Å². The van der Waals surface area contributed by atoms with Crippen LogP contribution in [0.4, 0.5) is 0 Å². The second kappa shape index (κ2) is 10.3. The van der Waals surface area contributed by atoms with Crippen molar-refractivity contribution in [3.05, 3.63) is 68.6 Å². The quantitative estimate of drug-likeness (QED) is 0.413. The molecule has 0 saturated carbocycles. The Bertz CT molecular complexity index is 1230. The number of fused-ring (bicyclic) bond motifs is 1. The average Bonchev–Trinajstić information content (AvgIpc) is 3.29. The zero-order valence-electron chi connectivity index (χ0n) is 19.8. The number of aliphatic carboxylic acids is 1. The molecule has 3 aromatic rings. The van der Waals surface area contributed by atoms with Crippen LogP contribution in [0.1, 0.15) is 59.7 Å². The van der Waals surface area contributed by atoms with Gasteiger partial charge in [0, 0.05) is 41.0 Å². The predicted molar refractivity (Wildman–Crippen MR) is 135 cm³/mol. The molecular formula is C26H27ClN2O5S. The molecule has 1 aliphatic rings. The molecule has 1 aliphatic heterocycles. The van der Waals surface area contributed by atoms with Gasteiger partial charge in [0.2, 0.25) is 0 Å². The van der Waals surface area contributed by atoms with Gasteiger partial charge in [-0.2, -0.15) is 0 Å².